The number of rotatable bonds is 7. The fourth-order valence-electron chi connectivity index (χ4n) is 2.85. The number of nitrogens with zero attached hydrogens (tertiary/aromatic N) is 1. The number of benzene rings is 2. The van der Waals surface area contributed by atoms with Crippen LogP contribution in [0.25, 0.3) is 22.4 Å². The summed E-state index contributed by atoms with van der Waals surface area (Å²) in [5.74, 6) is -1.11. The van der Waals surface area contributed by atoms with Gasteiger partial charge in [0.15, 0.2) is 0 Å². The van der Waals surface area contributed by atoms with Gasteiger partial charge in [-0.2, -0.15) is 0 Å². The number of anilines is 1. The van der Waals surface area contributed by atoms with Crippen LogP contribution in [0.15, 0.2) is 48.5 Å². The van der Waals surface area contributed by atoms with Crippen LogP contribution in [-0.4, -0.2) is 27.7 Å². The molecule has 0 unspecified atom stereocenters. The summed E-state index contributed by atoms with van der Waals surface area (Å²) in [6.07, 6.45) is 0.412. The highest BCUT2D eigenvalue weighted by Gasteiger charge is 2.15. The summed E-state index contributed by atoms with van der Waals surface area (Å²) in [5, 5.41) is 22.9. The van der Waals surface area contributed by atoms with Gasteiger partial charge in [0, 0.05) is 34.1 Å². The lowest BCUT2D eigenvalue weighted by atomic mass is 10.0. The lowest BCUT2D eigenvalue weighted by Crippen LogP contribution is -2.06. The number of nitrogens with one attached hydrogen (secondary N) is 1. The summed E-state index contributed by atoms with van der Waals surface area (Å²) in [6, 6.07) is 12.1. The van der Waals surface area contributed by atoms with Gasteiger partial charge in [-0.3, -0.25) is 4.79 Å². The number of carboxylic acid groups (broad SMARTS) is 1. The Morgan fingerprint density at radius 2 is 1.83 bits per heavy atom. The van der Waals surface area contributed by atoms with Gasteiger partial charge in [-0.15, -0.1) is 0 Å². The SMILES string of the molecule is O=C(O)CCCNc1cc(-c2c(Cl)cccc2Cl)cc(-c2cc(F)ccc2O)n1. The predicted molar refractivity (Wildman–Crippen MR) is 112 cm³/mol. The number of hydrogen-bond acceptors (Lipinski definition) is 4. The van der Waals surface area contributed by atoms with Crippen molar-refractivity contribution in [3.05, 3.63) is 64.4 Å². The third-order valence-corrected chi connectivity index (χ3v) is 4.81. The van der Waals surface area contributed by atoms with Gasteiger partial charge in [0.2, 0.25) is 0 Å². The summed E-state index contributed by atoms with van der Waals surface area (Å²) in [7, 11) is 0. The maximum absolute atomic E-state index is 13.8. The van der Waals surface area contributed by atoms with E-state index in [1.165, 1.54) is 12.1 Å². The maximum Gasteiger partial charge on any atom is 0.303 e. The molecule has 8 heteroatoms. The van der Waals surface area contributed by atoms with Crippen LogP contribution in [0.4, 0.5) is 10.2 Å². The molecule has 5 nitrogen and oxygen atoms in total. The minimum atomic E-state index is -0.887. The molecule has 0 atom stereocenters. The molecule has 0 aliphatic rings. The Labute approximate surface area is 176 Å². The molecule has 0 radical (unpaired) electrons. The molecule has 0 saturated carbocycles. The molecule has 0 aliphatic carbocycles. The second kappa shape index (κ2) is 9.11. The van der Waals surface area contributed by atoms with Gasteiger partial charge in [-0.1, -0.05) is 29.3 Å². The van der Waals surface area contributed by atoms with Gasteiger partial charge in [-0.05, 0) is 54.4 Å². The summed E-state index contributed by atoms with van der Waals surface area (Å²) in [4.78, 5) is 15.1. The highest BCUT2D eigenvalue weighted by molar-refractivity contribution is 6.39. The van der Waals surface area contributed by atoms with Crippen LogP contribution in [0.3, 0.4) is 0 Å². The van der Waals surface area contributed by atoms with E-state index in [0.29, 0.717) is 45.6 Å². The number of pyridine rings is 1. The van der Waals surface area contributed by atoms with Crippen molar-refractivity contribution in [1.29, 1.82) is 0 Å². The van der Waals surface area contributed by atoms with Crippen LogP contribution in [0.1, 0.15) is 12.8 Å². The average Bonchev–Trinajstić information content (AvgIpc) is 2.67. The Hall–Kier alpha value is -2.83. The Morgan fingerprint density at radius 3 is 2.52 bits per heavy atom. The van der Waals surface area contributed by atoms with E-state index in [1.54, 1.807) is 30.3 Å². The van der Waals surface area contributed by atoms with E-state index in [0.717, 1.165) is 6.07 Å². The zero-order valence-corrected chi connectivity index (χ0v) is 16.6. The zero-order valence-electron chi connectivity index (χ0n) is 15.1. The van der Waals surface area contributed by atoms with Crippen molar-refractivity contribution in [2.75, 3.05) is 11.9 Å². The number of carbonyl (C=O) groups is 1. The monoisotopic (exact) mass is 434 g/mol. The third-order valence-electron chi connectivity index (χ3n) is 4.18. The van der Waals surface area contributed by atoms with Gasteiger partial charge in [-0.25, -0.2) is 9.37 Å². The summed E-state index contributed by atoms with van der Waals surface area (Å²) < 4.78 is 13.8. The fourth-order valence-corrected chi connectivity index (χ4v) is 3.46. The van der Waals surface area contributed by atoms with Crippen LogP contribution in [0.2, 0.25) is 10.0 Å². The minimum absolute atomic E-state index is 0.0145. The third kappa shape index (κ3) is 5.16. The number of aliphatic carboxylic acids is 1. The molecule has 0 spiro atoms. The molecule has 0 amide bonds. The molecule has 3 aromatic rings. The Morgan fingerprint density at radius 1 is 1.10 bits per heavy atom. The highest BCUT2D eigenvalue weighted by Crippen LogP contribution is 2.38. The van der Waals surface area contributed by atoms with Gasteiger partial charge in [0.1, 0.15) is 17.4 Å². The summed E-state index contributed by atoms with van der Waals surface area (Å²) >= 11 is 12.7. The standard InChI is InChI=1S/C21H17Cl2FN2O3/c22-15-3-1-4-16(23)21(15)12-9-17(14-11-13(24)6-7-18(14)27)26-19(10-12)25-8-2-5-20(28)29/h1,3-4,6-7,9-11,27H,2,5,8H2,(H,25,26)(H,28,29). The topological polar surface area (TPSA) is 82.5 Å². The van der Waals surface area contributed by atoms with Crippen LogP contribution < -0.4 is 5.32 Å². The predicted octanol–water partition coefficient (Wildman–Crippen LogP) is 5.84. The van der Waals surface area contributed by atoms with Crippen molar-refractivity contribution >= 4 is 35.0 Å². The number of halogens is 3. The van der Waals surface area contributed by atoms with E-state index < -0.39 is 11.8 Å². The minimum Gasteiger partial charge on any atom is -0.507 e. The quantitative estimate of drug-likeness (QED) is 0.406. The number of phenolic OH excluding ortho intramolecular Hbond substituents is 1. The largest absolute Gasteiger partial charge is 0.507 e. The number of aromatic hydroxyl groups is 1. The highest BCUT2D eigenvalue weighted by atomic mass is 35.5. The van der Waals surface area contributed by atoms with Crippen molar-refractivity contribution < 1.29 is 19.4 Å². The molecule has 0 saturated heterocycles. The van der Waals surface area contributed by atoms with E-state index in [1.807, 2.05) is 0 Å². The molecule has 3 N–H and O–H groups in total. The van der Waals surface area contributed by atoms with Crippen LogP contribution in [-0.2, 0) is 4.79 Å². The van der Waals surface area contributed by atoms with Crippen molar-refractivity contribution in [1.82, 2.24) is 4.98 Å². The molecule has 1 aromatic heterocycles. The number of aromatic nitrogens is 1. The van der Waals surface area contributed by atoms with Gasteiger partial charge < -0.3 is 15.5 Å². The Balaban J connectivity index is 2.07. The molecule has 29 heavy (non-hydrogen) atoms. The molecule has 0 fully saturated rings. The van der Waals surface area contributed by atoms with Gasteiger partial charge in [0.05, 0.1) is 5.69 Å². The van der Waals surface area contributed by atoms with E-state index >= 15 is 0 Å². The second-order valence-electron chi connectivity index (χ2n) is 6.31. The summed E-state index contributed by atoms with van der Waals surface area (Å²) in [5.41, 5.74) is 1.72. The molecule has 2 aromatic carbocycles. The first kappa shape index (κ1) is 20.9. The van der Waals surface area contributed by atoms with Crippen molar-refractivity contribution in [3.8, 4) is 28.1 Å². The lowest BCUT2D eigenvalue weighted by molar-refractivity contribution is -0.137. The maximum atomic E-state index is 13.8. The van der Waals surface area contributed by atoms with Crippen molar-refractivity contribution in [3.63, 3.8) is 0 Å². The smallest absolute Gasteiger partial charge is 0.303 e. The first-order chi connectivity index (χ1) is 13.8. The number of hydrogen-bond donors (Lipinski definition) is 3. The zero-order chi connectivity index (χ0) is 21.0. The molecule has 150 valence electrons. The Kier molecular flexibility index (Phi) is 6.56. The molecular weight excluding hydrogens is 418 g/mol. The van der Waals surface area contributed by atoms with Gasteiger partial charge in [0.25, 0.3) is 0 Å². The van der Waals surface area contributed by atoms with E-state index in [9.17, 15) is 14.3 Å². The summed E-state index contributed by atoms with van der Waals surface area (Å²) in [6.45, 7) is 0.369. The molecule has 0 aliphatic heterocycles. The van der Waals surface area contributed by atoms with Crippen molar-refractivity contribution in [2.24, 2.45) is 0 Å². The molecular formula is C21H17Cl2FN2O3. The van der Waals surface area contributed by atoms with Crippen LogP contribution in [0.5, 0.6) is 5.75 Å². The Bertz CT molecular complexity index is 1040. The number of phenols is 1. The van der Waals surface area contributed by atoms with Crippen LogP contribution >= 0.6 is 23.2 Å². The first-order valence-corrected chi connectivity index (χ1v) is 9.52. The first-order valence-electron chi connectivity index (χ1n) is 8.76. The van der Waals surface area contributed by atoms with E-state index in [4.69, 9.17) is 28.3 Å². The number of carboxylic acids is 1. The van der Waals surface area contributed by atoms with Gasteiger partial charge >= 0.3 is 5.97 Å². The normalized spacial score (nSPS) is 10.7. The fraction of sp³-hybridized carbons (Fsp3) is 0.143. The van der Waals surface area contributed by atoms with E-state index in [2.05, 4.69) is 10.3 Å². The molecule has 0 bridgehead atoms. The molecule has 1 heterocycles. The van der Waals surface area contributed by atoms with Crippen molar-refractivity contribution in [2.45, 2.75) is 12.8 Å². The average molecular weight is 435 g/mol. The van der Waals surface area contributed by atoms with E-state index in [-0.39, 0.29) is 17.7 Å². The molecule has 3 rings (SSSR count). The lowest BCUT2D eigenvalue weighted by Gasteiger charge is -2.14. The second-order valence-corrected chi connectivity index (χ2v) is 7.12. The van der Waals surface area contributed by atoms with Crippen LogP contribution in [0, 0.1) is 5.82 Å².